The Morgan fingerprint density at radius 3 is 2.59 bits per heavy atom. The molecule has 0 bridgehead atoms. The first-order chi connectivity index (χ1) is 7.87. The smallest absolute Gasteiger partial charge is 0.0508 e. The fourth-order valence-corrected chi connectivity index (χ4v) is 4.55. The molecule has 3 unspecified atom stereocenters. The monoisotopic (exact) mass is 259 g/mol. The maximum absolute atomic E-state index is 12.4. The zero-order valence-corrected chi connectivity index (χ0v) is 12.9. The Kier molecular flexibility index (Phi) is 5.65. The maximum atomic E-state index is 12.4. The highest BCUT2D eigenvalue weighted by Crippen LogP contribution is 2.38. The maximum Gasteiger partial charge on any atom is 0.0508 e. The lowest BCUT2D eigenvalue weighted by Gasteiger charge is -2.41. The van der Waals surface area contributed by atoms with E-state index in [4.69, 9.17) is 0 Å². The van der Waals surface area contributed by atoms with Crippen LogP contribution in [0.15, 0.2) is 0 Å². The van der Waals surface area contributed by atoms with Gasteiger partial charge in [-0.05, 0) is 37.6 Å². The second-order valence-corrected chi connectivity index (χ2v) is 8.59. The molecule has 2 nitrogen and oxygen atoms in total. The summed E-state index contributed by atoms with van der Waals surface area (Å²) in [5, 5.41) is 4.22. The molecule has 102 valence electrons. The summed E-state index contributed by atoms with van der Waals surface area (Å²) < 4.78 is 12.4. The van der Waals surface area contributed by atoms with Gasteiger partial charge in [-0.3, -0.25) is 4.21 Å². The largest absolute Gasteiger partial charge is 0.313 e. The molecule has 1 aliphatic rings. The molecule has 1 fully saturated rings. The van der Waals surface area contributed by atoms with Gasteiger partial charge in [-0.2, -0.15) is 0 Å². The summed E-state index contributed by atoms with van der Waals surface area (Å²) in [5.74, 6) is 0. The summed E-state index contributed by atoms with van der Waals surface area (Å²) >= 11 is 0. The van der Waals surface area contributed by atoms with Crippen LogP contribution in [0.1, 0.15) is 60.3 Å². The van der Waals surface area contributed by atoms with E-state index in [9.17, 15) is 4.21 Å². The third-order valence-corrected chi connectivity index (χ3v) is 5.78. The molecule has 0 aromatic rings. The van der Waals surface area contributed by atoms with Crippen LogP contribution in [0.3, 0.4) is 0 Å². The average molecular weight is 259 g/mol. The summed E-state index contributed by atoms with van der Waals surface area (Å²) in [7, 11) is -0.701. The summed E-state index contributed by atoms with van der Waals surface area (Å²) in [6.07, 6.45) is 4.68. The Morgan fingerprint density at radius 1 is 1.41 bits per heavy atom. The summed E-state index contributed by atoms with van der Waals surface area (Å²) in [5.41, 5.74) is 0.361. The summed E-state index contributed by atoms with van der Waals surface area (Å²) in [4.78, 5) is 0. The molecular formula is C14H29NOS. The van der Waals surface area contributed by atoms with Crippen molar-refractivity contribution in [2.75, 3.05) is 6.54 Å². The van der Waals surface area contributed by atoms with Gasteiger partial charge in [0.1, 0.15) is 0 Å². The zero-order chi connectivity index (χ0) is 13.1. The molecule has 0 spiro atoms. The Hall–Kier alpha value is 0.110. The number of rotatable bonds is 5. The van der Waals surface area contributed by atoms with Gasteiger partial charge in [0.15, 0.2) is 0 Å². The van der Waals surface area contributed by atoms with Gasteiger partial charge in [0, 0.05) is 22.1 Å². The lowest BCUT2D eigenvalue weighted by molar-refractivity contribution is 0.211. The van der Waals surface area contributed by atoms with Gasteiger partial charge in [0.05, 0.1) is 5.25 Å². The zero-order valence-electron chi connectivity index (χ0n) is 12.1. The van der Waals surface area contributed by atoms with Gasteiger partial charge in [0.25, 0.3) is 0 Å². The van der Waals surface area contributed by atoms with E-state index in [1.54, 1.807) is 0 Å². The molecule has 1 saturated carbocycles. The van der Waals surface area contributed by atoms with Crippen molar-refractivity contribution in [3.05, 3.63) is 0 Å². The first-order valence-corrected chi connectivity index (χ1v) is 8.28. The molecule has 0 aromatic heterocycles. The van der Waals surface area contributed by atoms with Crippen molar-refractivity contribution >= 4 is 10.8 Å². The molecule has 1 rings (SSSR count). The molecule has 0 amide bonds. The van der Waals surface area contributed by atoms with Crippen molar-refractivity contribution in [1.29, 1.82) is 0 Å². The van der Waals surface area contributed by atoms with E-state index in [0.29, 0.717) is 16.7 Å². The molecular weight excluding hydrogens is 230 g/mol. The van der Waals surface area contributed by atoms with Crippen molar-refractivity contribution in [3.8, 4) is 0 Å². The van der Waals surface area contributed by atoms with Crippen LogP contribution in [0.25, 0.3) is 0 Å². The molecule has 0 aromatic carbocycles. The van der Waals surface area contributed by atoms with Crippen LogP contribution in [-0.2, 0) is 10.8 Å². The minimum absolute atomic E-state index is 0.278. The van der Waals surface area contributed by atoms with Gasteiger partial charge in [-0.15, -0.1) is 0 Å². The second-order valence-electron chi connectivity index (χ2n) is 6.38. The van der Waals surface area contributed by atoms with Crippen LogP contribution in [0.5, 0.6) is 0 Å². The minimum atomic E-state index is -0.701. The van der Waals surface area contributed by atoms with Gasteiger partial charge in [-0.1, -0.05) is 34.6 Å². The van der Waals surface area contributed by atoms with Gasteiger partial charge in [0.2, 0.25) is 0 Å². The molecule has 1 N–H and O–H groups in total. The number of hydrogen-bond acceptors (Lipinski definition) is 2. The van der Waals surface area contributed by atoms with Gasteiger partial charge in [-0.25, -0.2) is 0 Å². The van der Waals surface area contributed by atoms with E-state index < -0.39 is 10.8 Å². The van der Waals surface area contributed by atoms with Crippen LogP contribution in [0.4, 0.5) is 0 Å². The Morgan fingerprint density at radius 2 is 2.06 bits per heavy atom. The van der Waals surface area contributed by atoms with Crippen LogP contribution < -0.4 is 5.32 Å². The van der Waals surface area contributed by atoms with Crippen LogP contribution in [-0.4, -0.2) is 27.3 Å². The summed E-state index contributed by atoms with van der Waals surface area (Å²) in [6, 6.07) is 0.464. The fraction of sp³-hybridized carbons (Fsp3) is 1.00. The fourth-order valence-electron chi connectivity index (χ4n) is 2.68. The van der Waals surface area contributed by atoms with Crippen molar-refractivity contribution in [2.45, 2.75) is 76.8 Å². The normalized spacial score (nSPS) is 30.5. The highest BCUT2D eigenvalue weighted by Gasteiger charge is 2.38. The topological polar surface area (TPSA) is 29.1 Å². The predicted octanol–water partition coefficient (Wildman–Crippen LogP) is 3.09. The van der Waals surface area contributed by atoms with E-state index in [1.165, 1.54) is 12.8 Å². The molecule has 3 atom stereocenters. The van der Waals surface area contributed by atoms with E-state index in [0.717, 1.165) is 19.4 Å². The van der Waals surface area contributed by atoms with Crippen molar-refractivity contribution in [1.82, 2.24) is 5.32 Å². The van der Waals surface area contributed by atoms with Crippen molar-refractivity contribution in [3.63, 3.8) is 0 Å². The molecule has 17 heavy (non-hydrogen) atoms. The lowest BCUT2D eigenvalue weighted by Crippen LogP contribution is -2.49. The Balaban J connectivity index is 2.71. The molecule has 3 heteroatoms. The van der Waals surface area contributed by atoms with Gasteiger partial charge >= 0.3 is 0 Å². The highest BCUT2D eigenvalue weighted by molar-refractivity contribution is 7.86. The van der Waals surface area contributed by atoms with Crippen molar-refractivity contribution in [2.24, 2.45) is 5.41 Å². The van der Waals surface area contributed by atoms with Crippen LogP contribution >= 0.6 is 0 Å². The molecule has 0 heterocycles. The first kappa shape index (κ1) is 15.2. The molecule has 0 aliphatic heterocycles. The van der Waals surface area contributed by atoms with Crippen LogP contribution in [0.2, 0.25) is 0 Å². The quantitative estimate of drug-likeness (QED) is 0.822. The number of hydrogen-bond donors (Lipinski definition) is 1. The standard InChI is InChI=1S/C14H29NOS/c1-6-9-15-12-7-8-14(4,5)10-13(12)17(16)11(2)3/h11-13,15H,6-10H2,1-5H3. The van der Waals surface area contributed by atoms with E-state index in [2.05, 4.69) is 39.9 Å². The Labute approximate surface area is 109 Å². The third kappa shape index (κ3) is 4.36. The van der Waals surface area contributed by atoms with E-state index in [-0.39, 0.29) is 5.25 Å². The summed E-state index contributed by atoms with van der Waals surface area (Å²) in [6.45, 7) is 12.0. The Bertz CT molecular complexity index is 263. The third-order valence-electron chi connectivity index (χ3n) is 3.75. The lowest BCUT2D eigenvalue weighted by atomic mass is 9.75. The van der Waals surface area contributed by atoms with Gasteiger partial charge < -0.3 is 5.32 Å². The molecule has 1 aliphatic carbocycles. The molecule has 0 radical (unpaired) electrons. The molecule has 0 saturated heterocycles. The second kappa shape index (κ2) is 6.33. The SMILES string of the molecule is CCCNC1CCC(C)(C)CC1S(=O)C(C)C. The first-order valence-electron chi connectivity index (χ1n) is 7.00. The van der Waals surface area contributed by atoms with Crippen LogP contribution in [0, 0.1) is 5.41 Å². The average Bonchev–Trinajstić information content (AvgIpc) is 2.25. The number of nitrogens with one attached hydrogen (secondary N) is 1. The van der Waals surface area contributed by atoms with E-state index in [1.807, 2.05) is 0 Å². The van der Waals surface area contributed by atoms with Crippen molar-refractivity contribution < 1.29 is 4.21 Å². The minimum Gasteiger partial charge on any atom is -0.313 e. The predicted molar refractivity (Wildman–Crippen MR) is 76.8 cm³/mol. The van der Waals surface area contributed by atoms with E-state index >= 15 is 0 Å². The highest BCUT2D eigenvalue weighted by atomic mass is 32.2.